The molecule has 0 aliphatic heterocycles. The Morgan fingerprint density at radius 3 is 1.72 bits per heavy atom. The predicted molar refractivity (Wildman–Crippen MR) is 61.2 cm³/mol. The minimum atomic E-state index is -1.64. The zero-order chi connectivity index (χ0) is 14.1. The van der Waals surface area contributed by atoms with Crippen molar-refractivity contribution in [1.29, 1.82) is 0 Å². The number of nitrogens with zero attached hydrogens (tertiary/aromatic N) is 1. The largest absolute Gasteiger partial charge is 1.00 e. The fourth-order valence-electron chi connectivity index (χ4n) is 0.716. The molecule has 0 spiro atoms. The Morgan fingerprint density at radius 2 is 1.56 bits per heavy atom. The second-order valence-electron chi connectivity index (χ2n) is 4.60. The third-order valence-corrected chi connectivity index (χ3v) is 1.84. The Labute approximate surface area is 113 Å². The van der Waals surface area contributed by atoms with E-state index in [0.29, 0.717) is 0 Å². The van der Waals surface area contributed by atoms with Gasteiger partial charge < -0.3 is 47.2 Å². The van der Waals surface area contributed by atoms with Crippen LogP contribution in [-0.4, -0.2) is 95.5 Å². The van der Waals surface area contributed by atoms with E-state index < -0.39 is 24.9 Å². The first-order valence-corrected chi connectivity index (χ1v) is 5.21. The Hall–Kier alpha value is -0.280. The van der Waals surface area contributed by atoms with Crippen molar-refractivity contribution in [2.75, 3.05) is 40.9 Å². The Bertz CT molecular complexity index is 199. The molecule has 0 radical (unpaired) electrons. The predicted octanol–water partition coefficient (Wildman–Crippen LogP) is -6.05. The molecule has 0 aliphatic rings. The minimum Gasteiger partial charge on any atom is -1.00 e. The SMILES string of the molecule is C[N+](C)(C)CCO.O=CC(O)C(O)C(O)CO.[Cl-]. The molecule has 0 amide bonds. The van der Waals surface area contributed by atoms with E-state index in [2.05, 4.69) is 21.1 Å². The van der Waals surface area contributed by atoms with Crippen LogP contribution in [-0.2, 0) is 4.79 Å². The Kier molecular flexibility index (Phi) is 15.0. The van der Waals surface area contributed by atoms with Crippen molar-refractivity contribution in [3.05, 3.63) is 0 Å². The fraction of sp³-hybridized carbons (Fsp3) is 0.900. The molecule has 0 rings (SSSR count). The molecule has 0 aliphatic carbocycles. The minimum absolute atomic E-state index is 0. The van der Waals surface area contributed by atoms with Crippen LogP contribution in [0.25, 0.3) is 0 Å². The summed E-state index contributed by atoms with van der Waals surface area (Å²) in [4.78, 5) is 9.76. The number of aldehydes is 1. The van der Waals surface area contributed by atoms with Crippen LogP contribution in [0.4, 0.5) is 0 Å². The van der Waals surface area contributed by atoms with Crippen molar-refractivity contribution in [2.24, 2.45) is 0 Å². The molecule has 0 bridgehead atoms. The molecule has 0 aromatic rings. The highest BCUT2D eigenvalue weighted by Crippen LogP contribution is 1.96. The van der Waals surface area contributed by atoms with Gasteiger partial charge in [-0.15, -0.1) is 0 Å². The lowest BCUT2D eigenvalue weighted by Crippen LogP contribution is -3.00. The lowest BCUT2D eigenvalue weighted by Gasteiger charge is -2.21. The van der Waals surface area contributed by atoms with Crippen molar-refractivity contribution < 1.29 is 47.2 Å². The van der Waals surface area contributed by atoms with Crippen molar-refractivity contribution in [3.63, 3.8) is 0 Å². The lowest BCUT2D eigenvalue weighted by molar-refractivity contribution is -0.870. The molecule has 3 atom stereocenters. The molecule has 18 heavy (non-hydrogen) atoms. The van der Waals surface area contributed by atoms with E-state index in [4.69, 9.17) is 25.5 Å². The van der Waals surface area contributed by atoms with Gasteiger partial charge in [0.25, 0.3) is 0 Å². The normalized spacial score (nSPS) is 15.6. The number of aliphatic hydroxyl groups excluding tert-OH is 5. The molecule has 8 heteroatoms. The Morgan fingerprint density at radius 1 is 1.11 bits per heavy atom. The number of quaternary nitrogens is 1. The maximum atomic E-state index is 9.76. The molecular weight excluding hydrogens is 266 g/mol. The van der Waals surface area contributed by atoms with Gasteiger partial charge in [-0.05, 0) is 0 Å². The molecule has 0 saturated heterocycles. The van der Waals surface area contributed by atoms with Gasteiger partial charge in [-0.2, -0.15) is 0 Å². The number of hydrogen-bond acceptors (Lipinski definition) is 6. The number of hydrogen-bond donors (Lipinski definition) is 5. The van der Waals surface area contributed by atoms with Gasteiger partial charge in [0.2, 0.25) is 0 Å². The summed E-state index contributed by atoms with van der Waals surface area (Å²) in [5, 5.41) is 42.4. The third kappa shape index (κ3) is 13.8. The van der Waals surface area contributed by atoms with Gasteiger partial charge in [-0.25, -0.2) is 0 Å². The number of carbonyl (C=O) groups excluding carboxylic acids is 1. The average Bonchev–Trinajstić information content (AvgIpc) is 2.25. The standard InChI is InChI=1S/C5H14NO.C5H10O5.ClH/c1-6(2,3)4-5-7;6-1-3(8)5(10)4(9)2-7;/h7H,4-5H2,1-3H3;1,3-5,7-10H,2H2;1H/q+1;;/p-1. The monoisotopic (exact) mass is 289 g/mol. The van der Waals surface area contributed by atoms with Gasteiger partial charge >= 0.3 is 0 Å². The smallest absolute Gasteiger partial charge is 0.151 e. The van der Waals surface area contributed by atoms with Crippen molar-refractivity contribution in [1.82, 2.24) is 0 Å². The fourth-order valence-corrected chi connectivity index (χ4v) is 0.716. The second-order valence-corrected chi connectivity index (χ2v) is 4.60. The Balaban J connectivity index is -0.000000251. The topological polar surface area (TPSA) is 118 Å². The summed E-state index contributed by atoms with van der Waals surface area (Å²) < 4.78 is 0.844. The van der Waals surface area contributed by atoms with Gasteiger partial charge in [-0.3, -0.25) is 0 Å². The molecule has 0 heterocycles. The molecule has 112 valence electrons. The van der Waals surface area contributed by atoms with E-state index in [9.17, 15) is 4.79 Å². The van der Waals surface area contributed by atoms with Crippen molar-refractivity contribution in [3.8, 4) is 0 Å². The molecule has 0 fully saturated rings. The zero-order valence-electron chi connectivity index (χ0n) is 10.9. The van der Waals surface area contributed by atoms with E-state index in [1.807, 2.05) is 0 Å². The highest BCUT2D eigenvalue weighted by Gasteiger charge is 2.22. The van der Waals surface area contributed by atoms with E-state index >= 15 is 0 Å². The van der Waals surface area contributed by atoms with E-state index in [-0.39, 0.29) is 25.3 Å². The van der Waals surface area contributed by atoms with E-state index in [1.54, 1.807) is 0 Å². The highest BCUT2D eigenvalue weighted by atomic mass is 35.5. The first-order valence-electron chi connectivity index (χ1n) is 5.21. The first-order chi connectivity index (χ1) is 7.69. The van der Waals surface area contributed by atoms with Crippen LogP contribution in [0.2, 0.25) is 0 Å². The quantitative estimate of drug-likeness (QED) is 0.245. The summed E-state index contributed by atoms with van der Waals surface area (Å²) in [5.74, 6) is 0. The number of aliphatic hydroxyl groups is 5. The molecule has 0 aromatic carbocycles. The van der Waals surface area contributed by atoms with Crippen LogP contribution in [0.1, 0.15) is 0 Å². The summed E-state index contributed by atoms with van der Waals surface area (Å²) in [6.45, 7) is 0.426. The van der Waals surface area contributed by atoms with Crippen molar-refractivity contribution >= 4 is 6.29 Å². The average molecular weight is 290 g/mol. The van der Waals surface area contributed by atoms with Crippen LogP contribution < -0.4 is 12.4 Å². The van der Waals surface area contributed by atoms with Gasteiger partial charge in [0.05, 0.1) is 34.4 Å². The lowest BCUT2D eigenvalue weighted by atomic mass is 10.1. The molecule has 7 nitrogen and oxygen atoms in total. The molecule has 5 N–H and O–H groups in total. The summed E-state index contributed by atoms with van der Waals surface area (Å²) in [6, 6.07) is 0. The molecular formula is C10H24ClNO6. The first kappa shape index (κ1) is 22.9. The summed E-state index contributed by atoms with van der Waals surface area (Å²) in [7, 11) is 6.16. The maximum Gasteiger partial charge on any atom is 0.151 e. The third-order valence-electron chi connectivity index (χ3n) is 1.84. The van der Waals surface area contributed by atoms with E-state index in [0.717, 1.165) is 11.0 Å². The van der Waals surface area contributed by atoms with Crippen LogP contribution in [0.15, 0.2) is 0 Å². The second kappa shape index (κ2) is 11.8. The molecule has 0 saturated carbocycles. The van der Waals surface area contributed by atoms with Crippen LogP contribution in [0.5, 0.6) is 0 Å². The van der Waals surface area contributed by atoms with Gasteiger partial charge in [0.15, 0.2) is 6.29 Å². The number of halogens is 1. The van der Waals surface area contributed by atoms with Crippen LogP contribution in [0, 0.1) is 0 Å². The van der Waals surface area contributed by atoms with Gasteiger partial charge in [-0.1, -0.05) is 0 Å². The number of carbonyl (C=O) groups is 1. The molecule has 3 unspecified atom stereocenters. The van der Waals surface area contributed by atoms with Crippen LogP contribution >= 0.6 is 0 Å². The van der Waals surface area contributed by atoms with Gasteiger partial charge in [0, 0.05) is 0 Å². The number of likely N-dealkylation sites (N-methyl/N-ethyl adjacent to an activating group) is 1. The highest BCUT2D eigenvalue weighted by molar-refractivity contribution is 5.56. The van der Waals surface area contributed by atoms with Gasteiger partial charge in [0.1, 0.15) is 24.9 Å². The van der Waals surface area contributed by atoms with Crippen molar-refractivity contribution in [2.45, 2.75) is 18.3 Å². The summed E-state index contributed by atoms with van der Waals surface area (Å²) in [6.07, 6.45) is -4.63. The van der Waals surface area contributed by atoms with Crippen LogP contribution in [0.3, 0.4) is 0 Å². The van der Waals surface area contributed by atoms with E-state index in [1.165, 1.54) is 0 Å². The number of rotatable bonds is 6. The molecule has 0 aromatic heterocycles. The summed E-state index contributed by atoms with van der Waals surface area (Å²) in [5.41, 5.74) is 0. The maximum absolute atomic E-state index is 9.76. The zero-order valence-corrected chi connectivity index (χ0v) is 11.7. The summed E-state index contributed by atoms with van der Waals surface area (Å²) >= 11 is 0.